The molecule has 0 unspecified atom stereocenters. The van der Waals surface area contributed by atoms with E-state index in [1.165, 1.54) is 6.07 Å². The zero-order chi connectivity index (χ0) is 10.3. The third-order valence-electron chi connectivity index (χ3n) is 1.78. The smallest absolute Gasteiger partial charge is 0.332 e. The van der Waals surface area contributed by atoms with Crippen molar-refractivity contribution in [3.63, 3.8) is 0 Å². The van der Waals surface area contributed by atoms with Crippen molar-refractivity contribution in [1.82, 2.24) is 9.97 Å². The molecule has 7 heteroatoms. The van der Waals surface area contributed by atoms with E-state index < -0.39 is 16.4 Å². The molecule has 0 saturated heterocycles. The summed E-state index contributed by atoms with van der Waals surface area (Å²) in [6.45, 7) is 0. The Kier molecular flexibility index (Phi) is 1.60. The number of imidazole rings is 1. The average Bonchev–Trinajstić information content (AvgIpc) is 2.43. The molecule has 0 saturated carbocycles. The second-order valence-corrected chi connectivity index (χ2v) is 2.67. The van der Waals surface area contributed by atoms with Crippen LogP contribution in [0.1, 0.15) is 0 Å². The molecule has 1 heterocycles. The van der Waals surface area contributed by atoms with Crippen molar-refractivity contribution in [2.45, 2.75) is 0 Å². The molecule has 6 nitrogen and oxygen atoms in total. The lowest BCUT2D eigenvalue weighted by atomic mass is 10.2. The number of anilines is 1. The van der Waals surface area contributed by atoms with Gasteiger partial charge in [-0.3, -0.25) is 10.1 Å². The number of nitro benzene ring substituents is 1. The second-order valence-electron chi connectivity index (χ2n) is 2.67. The first kappa shape index (κ1) is 8.42. The number of nitrogens with zero attached hydrogens (tertiary/aromatic N) is 2. The molecule has 2 aromatic rings. The minimum atomic E-state index is -0.922. The number of aromatic amines is 1. The number of halogens is 1. The fourth-order valence-corrected chi connectivity index (χ4v) is 1.23. The van der Waals surface area contributed by atoms with Gasteiger partial charge in [0.1, 0.15) is 0 Å². The normalized spacial score (nSPS) is 10.6. The quantitative estimate of drug-likeness (QED) is 0.528. The molecule has 0 spiro atoms. The third kappa shape index (κ3) is 1.06. The Bertz CT molecular complexity index is 522. The molecule has 72 valence electrons. The minimum absolute atomic E-state index is 0.0219. The van der Waals surface area contributed by atoms with E-state index >= 15 is 0 Å². The maximum Gasteiger partial charge on any atom is 0.332 e. The van der Waals surface area contributed by atoms with Crippen molar-refractivity contribution in [3.8, 4) is 0 Å². The van der Waals surface area contributed by atoms with Gasteiger partial charge in [-0.25, -0.2) is 4.98 Å². The summed E-state index contributed by atoms with van der Waals surface area (Å²) < 4.78 is 13.0. The highest BCUT2D eigenvalue weighted by Crippen LogP contribution is 2.26. The number of H-pyrrole nitrogens is 1. The number of hydrogen-bond acceptors (Lipinski definition) is 4. The van der Waals surface area contributed by atoms with Crippen LogP contribution in [0.5, 0.6) is 0 Å². The van der Waals surface area contributed by atoms with E-state index in [4.69, 9.17) is 5.73 Å². The van der Waals surface area contributed by atoms with E-state index in [9.17, 15) is 14.5 Å². The third-order valence-corrected chi connectivity index (χ3v) is 1.78. The van der Waals surface area contributed by atoms with E-state index in [2.05, 4.69) is 9.97 Å². The molecular weight excluding hydrogens is 191 g/mol. The fourth-order valence-electron chi connectivity index (χ4n) is 1.23. The SMILES string of the molecule is Nc1nc2c([N+](=O)[O-])c(F)ccc2[nH]1. The van der Waals surface area contributed by atoms with Gasteiger partial charge in [0.05, 0.1) is 10.4 Å². The summed E-state index contributed by atoms with van der Waals surface area (Å²) in [4.78, 5) is 15.9. The van der Waals surface area contributed by atoms with Crippen molar-refractivity contribution in [3.05, 3.63) is 28.1 Å². The topological polar surface area (TPSA) is 97.8 Å². The van der Waals surface area contributed by atoms with Gasteiger partial charge in [-0.1, -0.05) is 0 Å². The summed E-state index contributed by atoms with van der Waals surface area (Å²) in [7, 11) is 0. The van der Waals surface area contributed by atoms with Gasteiger partial charge in [0.15, 0.2) is 11.5 Å². The van der Waals surface area contributed by atoms with E-state index in [-0.39, 0.29) is 11.5 Å². The van der Waals surface area contributed by atoms with E-state index in [1.807, 2.05) is 0 Å². The summed E-state index contributed by atoms with van der Waals surface area (Å²) in [5.41, 5.74) is 4.92. The highest BCUT2D eigenvalue weighted by Gasteiger charge is 2.21. The summed E-state index contributed by atoms with van der Waals surface area (Å²) in [6, 6.07) is 2.35. The van der Waals surface area contributed by atoms with Gasteiger partial charge in [-0.2, -0.15) is 4.39 Å². The van der Waals surface area contributed by atoms with Crippen LogP contribution in [0.3, 0.4) is 0 Å². The number of nitrogens with one attached hydrogen (secondary N) is 1. The Morgan fingerprint density at radius 2 is 2.29 bits per heavy atom. The van der Waals surface area contributed by atoms with Crippen LogP contribution < -0.4 is 5.73 Å². The van der Waals surface area contributed by atoms with Gasteiger partial charge >= 0.3 is 5.69 Å². The van der Waals surface area contributed by atoms with Crippen LogP contribution in [0, 0.1) is 15.9 Å². The summed E-state index contributed by atoms with van der Waals surface area (Å²) in [5.74, 6) is -0.900. The van der Waals surface area contributed by atoms with Crippen molar-refractivity contribution in [1.29, 1.82) is 0 Å². The predicted molar refractivity (Wildman–Crippen MR) is 47.1 cm³/mol. The number of rotatable bonds is 1. The minimum Gasteiger partial charge on any atom is -0.369 e. The van der Waals surface area contributed by atoms with Gasteiger partial charge in [-0.05, 0) is 12.1 Å². The molecule has 0 radical (unpaired) electrons. The van der Waals surface area contributed by atoms with Crippen molar-refractivity contribution in [2.24, 2.45) is 0 Å². The molecule has 0 aliphatic rings. The molecule has 0 aliphatic heterocycles. The molecule has 14 heavy (non-hydrogen) atoms. The zero-order valence-corrected chi connectivity index (χ0v) is 6.82. The maximum absolute atomic E-state index is 13.0. The van der Waals surface area contributed by atoms with Gasteiger partial charge < -0.3 is 10.7 Å². The summed E-state index contributed by atoms with van der Waals surface area (Å²) in [5, 5.41) is 10.5. The van der Waals surface area contributed by atoms with Crippen LogP contribution in [0.25, 0.3) is 11.0 Å². The first-order valence-electron chi connectivity index (χ1n) is 3.67. The number of nitrogens with two attached hydrogens (primary N) is 1. The maximum atomic E-state index is 13.0. The number of aromatic nitrogens is 2. The largest absolute Gasteiger partial charge is 0.369 e. The number of nitrogen functional groups attached to an aromatic ring is 1. The lowest BCUT2D eigenvalue weighted by Gasteiger charge is -1.93. The average molecular weight is 196 g/mol. The lowest BCUT2D eigenvalue weighted by molar-refractivity contribution is -0.385. The standard InChI is InChI=1S/C7H5FN4O2/c8-3-1-2-4-5(6(3)12(13)14)11-7(9)10-4/h1-2H,(H3,9,10,11). The molecule has 1 aromatic carbocycles. The summed E-state index contributed by atoms with van der Waals surface area (Å²) in [6.07, 6.45) is 0. The van der Waals surface area contributed by atoms with Crippen LogP contribution in [-0.2, 0) is 0 Å². The monoisotopic (exact) mass is 196 g/mol. The van der Waals surface area contributed by atoms with Crippen molar-refractivity contribution >= 4 is 22.7 Å². The molecule has 0 fully saturated rings. The highest BCUT2D eigenvalue weighted by atomic mass is 19.1. The highest BCUT2D eigenvalue weighted by molar-refractivity contribution is 5.86. The van der Waals surface area contributed by atoms with Crippen LogP contribution in [0.4, 0.5) is 16.0 Å². The van der Waals surface area contributed by atoms with Gasteiger partial charge in [-0.15, -0.1) is 0 Å². The molecule has 0 bridgehead atoms. The lowest BCUT2D eigenvalue weighted by Crippen LogP contribution is -1.93. The number of benzene rings is 1. The number of fused-ring (bicyclic) bond motifs is 1. The molecule has 1 aromatic heterocycles. The van der Waals surface area contributed by atoms with Gasteiger partial charge in [0, 0.05) is 0 Å². The molecule has 0 amide bonds. The Morgan fingerprint density at radius 1 is 1.57 bits per heavy atom. The van der Waals surface area contributed by atoms with E-state index in [1.54, 1.807) is 0 Å². The van der Waals surface area contributed by atoms with Crippen molar-refractivity contribution < 1.29 is 9.31 Å². The molecule has 3 N–H and O–H groups in total. The Labute approximate surface area is 76.7 Å². The second kappa shape index (κ2) is 2.66. The van der Waals surface area contributed by atoms with E-state index in [0.29, 0.717) is 5.52 Å². The summed E-state index contributed by atoms with van der Waals surface area (Å²) >= 11 is 0. The van der Waals surface area contributed by atoms with Crippen LogP contribution in [0.15, 0.2) is 12.1 Å². The fraction of sp³-hybridized carbons (Fsp3) is 0. The van der Waals surface area contributed by atoms with Crippen LogP contribution >= 0.6 is 0 Å². The molecule has 0 atom stereocenters. The van der Waals surface area contributed by atoms with E-state index in [0.717, 1.165) is 6.07 Å². The van der Waals surface area contributed by atoms with Gasteiger partial charge in [0.25, 0.3) is 0 Å². The number of nitro groups is 1. The zero-order valence-electron chi connectivity index (χ0n) is 6.82. The van der Waals surface area contributed by atoms with Gasteiger partial charge in [0.2, 0.25) is 5.82 Å². The Hall–Kier alpha value is -2.18. The molecule has 2 rings (SSSR count). The molecular formula is C7H5FN4O2. The Morgan fingerprint density at radius 3 is 2.93 bits per heavy atom. The molecule has 0 aliphatic carbocycles. The number of hydrogen-bond donors (Lipinski definition) is 2. The van der Waals surface area contributed by atoms with Crippen LogP contribution in [-0.4, -0.2) is 14.9 Å². The van der Waals surface area contributed by atoms with Crippen molar-refractivity contribution in [2.75, 3.05) is 5.73 Å². The van der Waals surface area contributed by atoms with Crippen LogP contribution in [0.2, 0.25) is 0 Å². The first-order valence-corrected chi connectivity index (χ1v) is 3.67. The Balaban J connectivity index is 2.88. The first-order chi connectivity index (χ1) is 6.59. The predicted octanol–water partition coefficient (Wildman–Crippen LogP) is 1.19.